The lowest BCUT2D eigenvalue weighted by atomic mass is 9.92. The first kappa shape index (κ1) is 22.7. The first-order chi connectivity index (χ1) is 13.9. The summed E-state index contributed by atoms with van der Waals surface area (Å²) in [6.07, 6.45) is 0. The molecule has 162 valence electrons. The van der Waals surface area contributed by atoms with Crippen molar-refractivity contribution >= 4 is 50.5 Å². The van der Waals surface area contributed by atoms with Gasteiger partial charge in [-0.3, -0.25) is 9.52 Å². The summed E-state index contributed by atoms with van der Waals surface area (Å²) in [5.74, 6) is 0.660. The molecule has 0 radical (unpaired) electrons. The third kappa shape index (κ3) is 4.68. The molecular formula is C21H24Cl2N2O4S. The average Bonchev–Trinajstić information content (AvgIpc) is 2.73. The van der Waals surface area contributed by atoms with E-state index in [-0.39, 0.29) is 39.1 Å². The fourth-order valence-electron chi connectivity index (χ4n) is 3.15. The first-order valence-corrected chi connectivity index (χ1v) is 11.7. The Bertz CT molecular complexity index is 1080. The number of amides is 1. The number of anilines is 2. The Morgan fingerprint density at radius 1 is 1.17 bits per heavy atom. The monoisotopic (exact) mass is 470 g/mol. The SMILES string of the molecule is CC(C)CN1C(=O)C(C)(C)COc2ccc(NS(=O)(=O)c3cc(Cl)ccc3Cl)cc21. The molecule has 0 saturated heterocycles. The molecule has 0 atom stereocenters. The van der Waals surface area contributed by atoms with E-state index in [0.717, 1.165) is 0 Å². The Kier molecular flexibility index (Phi) is 6.28. The maximum absolute atomic E-state index is 13.1. The quantitative estimate of drug-likeness (QED) is 0.650. The summed E-state index contributed by atoms with van der Waals surface area (Å²) in [5, 5.41) is 0.314. The van der Waals surface area contributed by atoms with E-state index in [2.05, 4.69) is 4.72 Å². The summed E-state index contributed by atoms with van der Waals surface area (Å²) in [6.45, 7) is 8.41. The summed E-state index contributed by atoms with van der Waals surface area (Å²) in [4.78, 5) is 14.7. The molecule has 0 bridgehead atoms. The highest BCUT2D eigenvalue weighted by atomic mass is 35.5. The highest BCUT2D eigenvalue weighted by Crippen LogP contribution is 2.39. The van der Waals surface area contributed by atoms with Crippen molar-refractivity contribution < 1.29 is 17.9 Å². The number of carbonyl (C=O) groups is 1. The van der Waals surface area contributed by atoms with Crippen LogP contribution < -0.4 is 14.4 Å². The van der Waals surface area contributed by atoms with E-state index in [0.29, 0.717) is 18.0 Å². The number of rotatable bonds is 5. The van der Waals surface area contributed by atoms with Crippen LogP contribution in [0.4, 0.5) is 11.4 Å². The van der Waals surface area contributed by atoms with E-state index in [4.69, 9.17) is 27.9 Å². The number of hydrogen-bond donors (Lipinski definition) is 1. The lowest BCUT2D eigenvalue weighted by Gasteiger charge is -2.29. The van der Waals surface area contributed by atoms with E-state index < -0.39 is 15.4 Å². The minimum absolute atomic E-state index is 0.0587. The third-order valence-corrected chi connectivity index (χ3v) is 6.74. The van der Waals surface area contributed by atoms with Crippen LogP contribution in [0.25, 0.3) is 0 Å². The summed E-state index contributed by atoms with van der Waals surface area (Å²) < 4.78 is 34.1. The molecule has 0 fully saturated rings. The maximum Gasteiger partial charge on any atom is 0.263 e. The molecule has 1 heterocycles. The van der Waals surface area contributed by atoms with Gasteiger partial charge in [-0.05, 0) is 56.2 Å². The molecule has 0 aliphatic carbocycles. The van der Waals surface area contributed by atoms with Crippen molar-refractivity contribution in [2.24, 2.45) is 11.3 Å². The molecule has 6 nitrogen and oxygen atoms in total. The van der Waals surface area contributed by atoms with Gasteiger partial charge in [0.15, 0.2) is 0 Å². The summed E-state index contributed by atoms with van der Waals surface area (Å²) >= 11 is 12.0. The lowest BCUT2D eigenvalue weighted by Crippen LogP contribution is -2.43. The zero-order chi connectivity index (χ0) is 22.3. The Labute approximate surface area is 187 Å². The Hall–Kier alpha value is -1.96. The molecule has 2 aromatic carbocycles. The summed E-state index contributed by atoms with van der Waals surface area (Å²) in [7, 11) is -3.99. The largest absolute Gasteiger partial charge is 0.490 e. The van der Waals surface area contributed by atoms with Gasteiger partial charge in [-0.1, -0.05) is 37.0 Å². The smallest absolute Gasteiger partial charge is 0.263 e. The molecule has 0 aromatic heterocycles. The van der Waals surface area contributed by atoms with Gasteiger partial charge in [-0.2, -0.15) is 0 Å². The van der Waals surface area contributed by atoms with Gasteiger partial charge >= 0.3 is 0 Å². The van der Waals surface area contributed by atoms with E-state index in [1.165, 1.54) is 18.2 Å². The topological polar surface area (TPSA) is 75.7 Å². The van der Waals surface area contributed by atoms with Crippen LogP contribution in [0.3, 0.4) is 0 Å². The van der Waals surface area contributed by atoms with Gasteiger partial charge < -0.3 is 9.64 Å². The van der Waals surface area contributed by atoms with E-state index in [1.807, 2.05) is 27.7 Å². The average molecular weight is 471 g/mol. The normalized spacial score (nSPS) is 16.1. The van der Waals surface area contributed by atoms with Gasteiger partial charge in [0.1, 0.15) is 17.3 Å². The van der Waals surface area contributed by atoms with E-state index in [9.17, 15) is 13.2 Å². The van der Waals surface area contributed by atoms with Gasteiger partial charge in [0, 0.05) is 11.6 Å². The molecule has 0 spiro atoms. The predicted molar refractivity (Wildman–Crippen MR) is 120 cm³/mol. The molecule has 0 saturated carbocycles. The van der Waals surface area contributed by atoms with Crippen LogP contribution in [0.1, 0.15) is 27.7 Å². The molecule has 1 amide bonds. The Morgan fingerprint density at radius 3 is 2.53 bits per heavy atom. The molecule has 2 aromatic rings. The standard InChI is InChI=1S/C21H24Cl2N2O4S/c1-13(2)11-25-17-10-15(6-8-18(17)29-12-21(3,4)20(25)26)24-30(27,28)19-9-14(22)5-7-16(19)23/h5-10,13,24H,11-12H2,1-4H3. The fraction of sp³-hybridized carbons (Fsp3) is 0.381. The highest BCUT2D eigenvalue weighted by molar-refractivity contribution is 7.92. The molecular weight excluding hydrogens is 447 g/mol. The minimum atomic E-state index is -3.99. The van der Waals surface area contributed by atoms with Gasteiger partial charge in [-0.25, -0.2) is 8.42 Å². The highest BCUT2D eigenvalue weighted by Gasteiger charge is 2.38. The second-order valence-electron chi connectivity index (χ2n) is 8.34. The number of ether oxygens (including phenoxy) is 1. The molecule has 0 unspecified atom stereocenters. The number of hydrogen-bond acceptors (Lipinski definition) is 4. The van der Waals surface area contributed by atoms with Crippen molar-refractivity contribution in [3.8, 4) is 5.75 Å². The lowest BCUT2D eigenvalue weighted by molar-refractivity contribution is -0.127. The number of carbonyl (C=O) groups excluding carboxylic acids is 1. The van der Waals surface area contributed by atoms with Crippen molar-refractivity contribution in [2.75, 3.05) is 22.8 Å². The maximum atomic E-state index is 13.1. The van der Waals surface area contributed by atoms with Crippen LogP contribution in [0.15, 0.2) is 41.3 Å². The van der Waals surface area contributed by atoms with Crippen LogP contribution in [-0.4, -0.2) is 27.5 Å². The number of benzene rings is 2. The molecule has 1 aliphatic rings. The van der Waals surface area contributed by atoms with Gasteiger partial charge in [0.05, 0.1) is 21.8 Å². The summed E-state index contributed by atoms with van der Waals surface area (Å²) in [5.41, 5.74) is 0.105. The van der Waals surface area contributed by atoms with Gasteiger partial charge in [-0.15, -0.1) is 0 Å². The predicted octanol–water partition coefficient (Wildman–Crippen LogP) is 5.20. The number of fused-ring (bicyclic) bond motifs is 1. The minimum Gasteiger partial charge on any atom is -0.490 e. The number of halogens is 2. The number of sulfonamides is 1. The van der Waals surface area contributed by atoms with E-state index in [1.54, 1.807) is 23.1 Å². The molecule has 1 aliphatic heterocycles. The second kappa shape index (κ2) is 8.29. The molecule has 9 heteroatoms. The first-order valence-electron chi connectivity index (χ1n) is 9.47. The number of nitrogens with one attached hydrogen (secondary N) is 1. The van der Waals surface area contributed by atoms with Crippen LogP contribution in [0, 0.1) is 11.3 Å². The van der Waals surface area contributed by atoms with Crippen LogP contribution in [-0.2, 0) is 14.8 Å². The Balaban J connectivity index is 2.02. The zero-order valence-corrected chi connectivity index (χ0v) is 19.5. The van der Waals surface area contributed by atoms with Crippen molar-refractivity contribution in [2.45, 2.75) is 32.6 Å². The van der Waals surface area contributed by atoms with Crippen molar-refractivity contribution in [3.63, 3.8) is 0 Å². The van der Waals surface area contributed by atoms with Crippen molar-refractivity contribution in [1.29, 1.82) is 0 Å². The van der Waals surface area contributed by atoms with Gasteiger partial charge in [0.2, 0.25) is 5.91 Å². The second-order valence-corrected chi connectivity index (χ2v) is 10.8. The number of nitrogens with zero attached hydrogens (tertiary/aromatic N) is 1. The van der Waals surface area contributed by atoms with Crippen molar-refractivity contribution in [1.82, 2.24) is 0 Å². The van der Waals surface area contributed by atoms with Crippen LogP contribution >= 0.6 is 23.2 Å². The third-order valence-electron chi connectivity index (χ3n) is 4.65. The summed E-state index contributed by atoms with van der Waals surface area (Å²) in [6, 6.07) is 9.08. The van der Waals surface area contributed by atoms with Crippen molar-refractivity contribution in [3.05, 3.63) is 46.4 Å². The van der Waals surface area contributed by atoms with Crippen LogP contribution in [0.2, 0.25) is 10.0 Å². The molecule has 3 rings (SSSR count). The zero-order valence-electron chi connectivity index (χ0n) is 17.2. The van der Waals surface area contributed by atoms with Gasteiger partial charge in [0.25, 0.3) is 10.0 Å². The molecule has 1 N–H and O–H groups in total. The van der Waals surface area contributed by atoms with Crippen LogP contribution in [0.5, 0.6) is 5.75 Å². The Morgan fingerprint density at radius 2 is 1.87 bits per heavy atom. The fourth-order valence-corrected chi connectivity index (χ4v) is 4.96. The molecule has 30 heavy (non-hydrogen) atoms. The van der Waals surface area contributed by atoms with E-state index >= 15 is 0 Å².